The SMILES string of the molecule is Nc1ccc(Oc2c(Br)cc(/C=C/C(=O)O)cc2Br)cc1N. The van der Waals surface area contributed by atoms with Crippen LogP contribution >= 0.6 is 31.9 Å². The van der Waals surface area contributed by atoms with Gasteiger partial charge in [0.25, 0.3) is 0 Å². The summed E-state index contributed by atoms with van der Waals surface area (Å²) in [5, 5.41) is 8.65. The molecule has 0 saturated heterocycles. The number of ether oxygens (including phenoxy) is 1. The number of anilines is 2. The van der Waals surface area contributed by atoms with E-state index in [1.807, 2.05) is 0 Å². The van der Waals surface area contributed by atoms with Crippen LogP contribution in [0.2, 0.25) is 0 Å². The number of carboxylic acids is 1. The Bertz CT molecular complexity index is 737. The summed E-state index contributed by atoms with van der Waals surface area (Å²) < 4.78 is 7.12. The molecule has 0 atom stereocenters. The quantitative estimate of drug-likeness (QED) is 0.500. The molecular weight excluding hydrogens is 416 g/mol. The monoisotopic (exact) mass is 426 g/mol. The third-order valence-electron chi connectivity index (χ3n) is 2.72. The number of rotatable bonds is 4. The third-order valence-corrected chi connectivity index (χ3v) is 3.90. The van der Waals surface area contributed by atoms with Crippen LogP contribution in [0.5, 0.6) is 11.5 Å². The first-order valence-corrected chi connectivity index (χ1v) is 7.68. The van der Waals surface area contributed by atoms with Crippen molar-refractivity contribution in [2.24, 2.45) is 0 Å². The van der Waals surface area contributed by atoms with Crippen molar-refractivity contribution in [3.8, 4) is 11.5 Å². The zero-order valence-electron chi connectivity index (χ0n) is 11.2. The molecule has 0 bridgehead atoms. The van der Waals surface area contributed by atoms with E-state index >= 15 is 0 Å². The molecule has 0 saturated carbocycles. The standard InChI is InChI=1S/C15H12Br2N2O3/c16-10-5-8(1-4-14(20)21)6-11(17)15(10)22-9-2-3-12(18)13(19)7-9/h1-7H,18-19H2,(H,20,21)/b4-1+. The predicted molar refractivity (Wildman–Crippen MR) is 93.9 cm³/mol. The Morgan fingerprint density at radius 2 is 1.73 bits per heavy atom. The number of hydrogen-bond acceptors (Lipinski definition) is 4. The molecular formula is C15H12Br2N2O3. The molecule has 0 amide bonds. The van der Waals surface area contributed by atoms with Crippen molar-refractivity contribution < 1.29 is 14.6 Å². The van der Waals surface area contributed by atoms with E-state index in [9.17, 15) is 4.79 Å². The van der Waals surface area contributed by atoms with Crippen LogP contribution < -0.4 is 16.2 Å². The third kappa shape index (κ3) is 4.02. The molecule has 0 heterocycles. The highest BCUT2D eigenvalue weighted by atomic mass is 79.9. The van der Waals surface area contributed by atoms with Gasteiger partial charge in [-0.25, -0.2) is 4.79 Å². The van der Waals surface area contributed by atoms with Gasteiger partial charge in [-0.1, -0.05) is 0 Å². The van der Waals surface area contributed by atoms with Crippen molar-refractivity contribution in [3.05, 3.63) is 50.9 Å². The van der Waals surface area contributed by atoms with E-state index in [0.717, 1.165) is 6.08 Å². The average molecular weight is 428 g/mol. The van der Waals surface area contributed by atoms with Gasteiger partial charge < -0.3 is 21.3 Å². The Kier molecular flexibility index (Phi) is 5.10. The van der Waals surface area contributed by atoms with Crippen molar-refractivity contribution >= 4 is 55.3 Å². The Balaban J connectivity index is 2.31. The molecule has 0 aliphatic heterocycles. The van der Waals surface area contributed by atoms with Gasteiger partial charge in [0.05, 0.1) is 20.3 Å². The van der Waals surface area contributed by atoms with Crippen LogP contribution in [-0.2, 0) is 4.79 Å². The summed E-state index contributed by atoms with van der Waals surface area (Å²) >= 11 is 6.81. The summed E-state index contributed by atoms with van der Waals surface area (Å²) in [7, 11) is 0. The number of benzene rings is 2. The first-order valence-electron chi connectivity index (χ1n) is 6.09. The van der Waals surface area contributed by atoms with E-state index in [2.05, 4.69) is 31.9 Å². The van der Waals surface area contributed by atoms with Crippen LogP contribution in [0.3, 0.4) is 0 Å². The van der Waals surface area contributed by atoms with E-state index in [-0.39, 0.29) is 0 Å². The normalized spacial score (nSPS) is 10.8. The van der Waals surface area contributed by atoms with Crippen molar-refractivity contribution in [2.75, 3.05) is 11.5 Å². The van der Waals surface area contributed by atoms with Crippen molar-refractivity contribution in [1.29, 1.82) is 0 Å². The molecule has 0 aromatic heterocycles. The summed E-state index contributed by atoms with van der Waals surface area (Å²) in [5.74, 6) is 0.0866. The topological polar surface area (TPSA) is 98.6 Å². The zero-order valence-corrected chi connectivity index (χ0v) is 14.4. The van der Waals surface area contributed by atoms with Crippen molar-refractivity contribution in [1.82, 2.24) is 0 Å². The summed E-state index contributed by atoms with van der Waals surface area (Å²) in [6.07, 6.45) is 2.55. The number of carboxylic acid groups (broad SMARTS) is 1. The molecule has 0 unspecified atom stereocenters. The molecule has 0 aliphatic rings. The van der Waals surface area contributed by atoms with Crippen molar-refractivity contribution in [3.63, 3.8) is 0 Å². The maximum Gasteiger partial charge on any atom is 0.328 e. The highest BCUT2D eigenvalue weighted by molar-refractivity contribution is 9.11. The minimum atomic E-state index is -1.01. The Morgan fingerprint density at radius 1 is 1.09 bits per heavy atom. The fourth-order valence-electron chi connectivity index (χ4n) is 1.67. The number of nitrogen functional groups attached to an aromatic ring is 2. The smallest absolute Gasteiger partial charge is 0.328 e. The lowest BCUT2D eigenvalue weighted by atomic mass is 10.2. The van der Waals surface area contributed by atoms with Crippen LogP contribution in [0.1, 0.15) is 5.56 Å². The molecule has 5 N–H and O–H groups in total. The molecule has 2 aromatic rings. The minimum Gasteiger partial charge on any atom is -0.478 e. The predicted octanol–water partition coefficient (Wildman–Crippen LogP) is 4.27. The average Bonchev–Trinajstić information content (AvgIpc) is 2.44. The summed E-state index contributed by atoms with van der Waals surface area (Å²) in [6.45, 7) is 0. The second-order valence-corrected chi connectivity index (χ2v) is 6.09. The van der Waals surface area contributed by atoms with Gasteiger partial charge in [0.15, 0.2) is 5.75 Å². The fraction of sp³-hybridized carbons (Fsp3) is 0. The Labute approximate surface area is 143 Å². The van der Waals surface area contributed by atoms with Gasteiger partial charge in [-0.15, -0.1) is 0 Å². The Hall–Kier alpha value is -1.99. The molecule has 0 spiro atoms. The van der Waals surface area contributed by atoms with Gasteiger partial charge in [0.2, 0.25) is 0 Å². The van der Waals surface area contributed by atoms with Crippen LogP contribution in [0.4, 0.5) is 11.4 Å². The molecule has 7 heteroatoms. The molecule has 114 valence electrons. The van der Waals surface area contributed by atoms with Crippen LogP contribution in [0.25, 0.3) is 6.08 Å². The van der Waals surface area contributed by atoms with Gasteiger partial charge in [0, 0.05) is 12.1 Å². The minimum absolute atomic E-state index is 0.436. The maximum absolute atomic E-state index is 10.6. The largest absolute Gasteiger partial charge is 0.478 e. The van der Waals surface area contributed by atoms with Crippen molar-refractivity contribution in [2.45, 2.75) is 0 Å². The summed E-state index contributed by atoms with van der Waals surface area (Å²) in [4.78, 5) is 10.6. The summed E-state index contributed by atoms with van der Waals surface area (Å²) in [5.41, 5.74) is 13.0. The van der Waals surface area contributed by atoms with Gasteiger partial charge >= 0.3 is 5.97 Å². The van der Waals surface area contributed by atoms with E-state index in [1.165, 1.54) is 6.08 Å². The number of aliphatic carboxylic acids is 1. The highest BCUT2D eigenvalue weighted by Crippen LogP contribution is 2.38. The number of carbonyl (C=O) groups is 1. The van der Waals surface area contributed by atoms with E-state index in [1.54, 1.807) is 30.3 Å². The molecule has 22 heavy (non-hydrogen) atoms. The van der Waals surface area contributed by atoms with Gasteiger partial charge in [-0.2, -0.15) is 0 Å². The van der Waals surface area contributed by atoms with Gasteiger partial charge in [0.1, 0.15) is 5.75 Å². The molecule has 0 fully saturated rings. The lowest BCUT2D eigenvalue weighted by molar-refractivity contribution is -0.131. The number of halogens is 2. The van der Waals surface area contributed by atoms with E-state index < -0.39 is 5.97 Å². The van der Waals surface area contributed by atoms with Crippen LogP contribution in [0, 0.1) is 0 Å². The number of hydrogen-bond donors (Lipinski definition) is 3. The molecule has 2 aromatic carbocycles. The molecule has 2 rings (SSSR count). The van der Waals surface area contributed by atoms with Crippen LogP contribution in [0.15, 0.2) is 45.4 Å². The number of nitrogens with two attached hydrogens (primary N) is 2. The lowest BCUT2D eigenvalue weighted by Crippen LogP contribution is -1.95. The first kappa shape index (κ1) is 16.4. The maximum atomic E-state index is 10.6. The van der Waals surface area contributed by atoms with E-state index in [4.69, 9.17) is 21.3 Å². The van der Waals surface area contributed by atoms with E-state index in [0.29, 0.717) is 37.4 Å². The lowest BCUT2D eigenvalue weighted by Gasteiger charge is -2.12. The van der Waals surface area contributed by atoms with Gasteiger partial charge in [-0.3, -0.25) is 0 Å². The molecule has 0 radical (unpaired) electrons. The molecule has 0 aliphatic carbocycles. The summed E-state index contributed by atoms with van der Waals surface area (Å²) in [6, 6.07) is 8.51. The highest BCUT2D eigenvalue weighted by Gasteiger charge is 2.10. The molecule has 5 nitrogen and oxygen atoms in total. The fourth-order valence-corrected chi connectivity index (χ4v) is 3.06. The first-order chi connectivity index (χ1) is 10.4. The van der Waals surface area contributed by atoms with Gasteiger partial charge in [-0.05, 0) is 67.8 Å². The Morgan fingerprint density at radius 3 is 2.27 bits per heavy atom. The zero-order chi connectivity index (χ0) is 16.3. The second-order valence-electron chi connectivity index (χ2n) is 4.38. The van der Waals surface area contributed by atoms with Crippen LogP contribution in [-0.4, -0.2) is 11.1 Å². The second kappa shape index (κ2) is 6.85.